The van der Waals surface area contributed by atoms with Gasteiger partial charge >= 0.3 is 5.97 Å². The van der Waals surface area contributed by atoms with Crippen LogP contribution < -0.4 is 0 Å². The van der Waals surface area contributed by atoms with Crippen molar-refractivity contribution in [3.63, 3.8) is 0 Å². The number of rotatable bonds is 2. The molecule has 0 N–H and O–H groups in total. The highest BCUT2D eigenvalue weighted by molar-refractivity contribution is 5.80. The molecule has 0 amide bonds. The second-order valence-corrected chi connectivity index (χ2v) is 3.67. The Hall–Kier alpha value is -1.38. The number of benzene rings is 1. The summed E-state index contributed by atoms with van der Waals surface area (Å²) in [5.74, 6) is -0.992. The second-order valence-electron chi connectivity index (χ2n) is 3.67. The zero-order chi connectivity index (χ0) is 10.8. The summed E-state index contributed by atoms with van der Waals surface area (Å²) in [4.78, 5) is 11.4. The molecule has 1 unspecified atom stereocenters. The summed E-state index contributed by atoms with van der Waals surface area (Å²) in [7, 11) is 0. The normalized spacial score (nSPS) is 20.4. The first-order valence-electron chi connectivity index (χ1n) is 5.18. The summed E-state index contributed by atoms with van der Waals surface area (Å²) in [6.07, 6.45) is 1.32. The van der Waals surface area contributed by atoms with Crippen LogP contribution >= 0.6 is 0 Å². The van der Waals surface area contributed by atoms with E-state index >= 15 is 0 Å². The zero-order valence-electron chi connectivity index (χ0n) is 8.63. The molecular weight excluding hydrogens is 195 g/mol. The van der Waals surface area contributed by atoms with E-state index in [1.54, 1.807) is 6.07 Å². The maximum atomic E-state index is 13.7. The summed E-state index contributed by atoms with van der Waals surface area (Å²) in [6.45, 7) is 2.36. The molecule has 80 valence electrons. The lowest BCUT2D eigenvalue weighted by molar-refractivity contribution is -0.139. The summed E-state index contributed by atoms with van der Waals surface area (Å²) >= 11 is 0. The first kappa shape index (κ1) is 10.1. The minimum atomic E-state index is -0.402. The number of hydrogen-bond donors (Lipinski definition) is 0. The maximum absolute atomic E-state index is 13.7. The van der Waals surface area contributed by atoms with Crippen molar-refractivity contribution in [1.82, 2.24) is 0 Å². The topological polar surface area (TPSA) is 26.3 Å². The van der Waals surface area contributed by atoms with Crippen LogP contribution in [-0.4, -0.2) is 12.6 Å². The molecule has 1 fully saturated rings. The van der Waals surface area contributed by atoms with Crippen molar-refractivity contribution in [2.75, 3.05) is 6.61 Å². The van der Waals surface area contributed by atoms with Crippen molar-refractivity contribution in [3.8, 4) is 0 Å². The Morgan fingerprint density at radius 2 is 2.33 bits per heavy atom. The highest BCUT2D eigenvalue weighted by Gasteiger charge is 2.31. The van der Waals surface area contributed by atoms with E-state index in [1.165, 1.54) is 6.07 Å². The van der Waals surface area contributed by atoms with Crippen molar-refractivity contribution < 1.29 is 13.9 Å². The molecule has 1 aromatic carbocycles. The van der Waals surface area contributed by atoms with Crippen molar-refractivity contribution in [3.05, 3.63) is 35.1 Å². The molecule has 1 aliphatic heterocycles. The number of ether oxygens (including phenoxy) is 1. The molecule has 0 radical (unpaired) electrons. The molecule has 0 saturated carbocycles. The Morgan fingerprint density at radius 1 is 1.53 bits per heavy atom. The quantitative estimate of drug-likeness (QED) is 0.698. The Kier molecular flexibility index (Phi) is 2.71. The van der Waals surface area contributed by atoms with Gasteiger partial charge in [0.15, 0.2) is 0 Å². The van der Waals surface area contributed by atoms with Crippen LogP contribution in [0.15, 0.2) is 18.2 Å². The van der Waals surface area contributed by atoms with Crippen LogP contribution in [-0.2, 0) is 16.0 Å². The molecule has 1 aromatic rings. The average molecular weight is 208 g/mol. The third-order valence-corrected chi connectivity index (χ3v) is 2.81. The first-order valence-corrected chi connectivity index (χ1v) is 5.18. The molecule has 2 rings (SSSR count). The van der Waals surface area contributed by atoms with Crippen LogP contribution in [0.4, 0.5) is 4.39 Å². The van der Waals surface area contributed by atoms with Gasteiger partial charge in [-0.1, -0.05) is 19.1 Å². The van der Waals surface area contributed by atoms with E-state index < -0.39 is 5.92 Å². The molecule has 0 aliphatic carbocycles. The maximum Gasteiger partial charge on any atom is 0.313 e. The fourth-order valence-electron chi connectivity index (χ4n) is 2.04. The largest absolute Gasteiger partial charge is 0.465 e. The van der Waals surface area contributed by atoms with E-state index in [0.717, 1.165) is 12.0 Å². The fourth-order valence-corrected chi connectivity index (χ4v) is 2.04. The third kappa shape index (κ3) is 1.74. The van der Waals surface area contributed by atoms with Crippen molar-refractivity contribution in [2.24, 2.45) is 0 Å². The van der Waals surface area contributed by atoms with E-state index in [0.29, 0.717) is 18.6 Å². The molecule has 2 nitrogen and oxygen atoms in total. The van der Waals surface area contributed by atoms with Gasteiger partial charge in [-0.25, -0.2) is 4.39 Å². The van der Waals surface area contributed by atoms with Gasteiger partial charge in [0.05, 0.1) is 12.5 Å². The summed E-state index contributed by atoms with van der Waals surface area (Å²) in [5.41, 5.74) is 1.43. The van der Waals surface area contributed by atoms with Crippen LogP contribution in [0.25, 0.3) is 0 Å². The van der Waals surface area contributed by atoms with Crippen LogP contribution in [0.3, 0.4) is 0 Å². The highest BCUT2D eigenvalue weighted by atomic mass is 19.1. The van der Waals surface area contributed by atoms with Gasteiger partial charge in [-0.2, -0.15) is 0 Å². The van der Waals surface area contributed by atoms with Crippen LogP contribution in [0.1, 0.15) is 30.4 Å². The van der Waals surface area contributed by atoms with Gasteiger partial charge in [0.25, 0.3) is 0 Å². The molecule has 1 saturated heterocycles. The van der Waals surface area contributed by atoms with Gasteiger partial charge in [0.1, 0.15) is 5.82 Å². The predicted octanol–water partition coefficient (Wildman–Crippen LogP) is 2.42. The molecule has 0 aromatic heterocycles. The standard InChI is InChI=1S/C12H13FO2/c1-2-8-4-3-5-10(13)11(8)9-6-7-15-12(9)14/h3-5,9H,2,6-7H2,1H3. The summed E-state index contributed by atoms with van der Waals surface area (Å²) in [5, 5.41) is 0. The highest BCUT2D eigenvalue weighted by Crippen LogP contribution is 2.31. The molecule has 1 aliphatic rings. The van der Waals surface area contributed by atoms with E-state index in [4.69, 9.17) is 4.74 Å². The SMILES string of the molecule is CCc1cccc(F)c1C1CCOC1=O. The Morgan fingerprint density at radius 3 is 2.93 bits per heavy atom. The average Bonchev–Trinajstić information content (AvgIpc) is 2.64. The molecule has 3 heteroatoms. The Labute approximate surface area is 88.1 Å². The lowest BCUT2D eigenvalue weighted by Crippen LogP contribution is -2.10. The van der Waals surface area contributed by atoms with Gasteiger partial charge in [0, 0.05) is 5.56 Å². The van der Waals surface area contributed by atoms with E-state index in [-0.39, 0.29) is 11.8 Å². The number of halogens is 1. The van der Waals surface area contributed by atoms with E-state index in [9.17, 15) is 9.18 Å². The van der Waals surface area contributed by atoms with Gasteiger partial charge in [-0.05, 0) is 24.5 Å². The molecule has 15 heavy (non-hydrogen) atoms. The van der Waals surface area contributed by atoms with E-state index in [1.807, 2.05) is 13.0 Å². The van der Waals surface area contributed by atoms with Crippen molar-refractivity contribution in [1.29, 1.82) is 0 Å². The minimum Gasteiger partial charge on any atom is -0.465 e. The summed E-state index contributed by atoms with van der Waals surface area (Å²) < 4.78 is 18.5. The molecular formula is C12H13FO2. The smallest absolute Gasteiger partial charge is 0.313 e. The fraction of sp³-hybridized carbons (Fsp3) is 0.417. The van der Waals surface area contributed by atoms with Crippen LogP contribution in [0.5, 0.6) is 0 Å². The number of cyclic esters (lactones) is 1. The van der Waals surface area contributed by atoms with Crippen LogP contribution in [0, 0.1) is 5.82 Å². The van der Waals surface area contributed by atoms with Gasteiger partial charge in [-0.15, -0.1) is 0 Å². The number of carbonyl (C=O) groups is 1. The number of hydrogen-bond acceptors (Lipinski definition) is 2. The number of esters is 1. The monoisotopic (exact) mass is 208 g/mol. The van der Waals surface area contributed by atoms with Gasteiger partial charge < -0.3 is 4.74 Å². The molecule has 0 spiro atoms. The molecule has 0 bridgehead atoms. The zero-order valence-corrected chi connectivity index (χ0v) is 8.63. The lowest BCUT2D eigenvalue weighted by atomic mass is 9.91. The Bertz CT molecular complexity index is 387. The number of aryl methyl sites for hydroxylation is 1. The van der Waals surface area contributed by atoms with Gasteiger partial charge in [0.2, 0.25) is 0 Å². The molecule has 1 heterocycles. The molecule has 1 atom stereocenters. The number of carbonyl (C=O) groups excluding carboxylic acids is 1. The second kappa shape index (κ2) is 4.01. The third-order valence-electron chi connectivity index (χ3n) is 2.81. The van der Waals surface area contributed by atoms with Gasteiger partial charge in [-0.3, -0.25) is 4.79 Å². The van der Waals surface area contributed by atoms with Crippen LogP contribution in [0.2, 0.25) is 0 Å². The Balaban J connectivity index is 2.45. The minimum absolute atomic E-state index is 0.293. The lowest BCUT2D eigenvalue weighted by Gasteiger charge is -2.12. The van der Waals surface area contributed by atoms with Crippen molar-refractivity contribution >= 4 is 5.97 Å². The van der Waals surface area contributed by atoms with Crippen molar-refractivity contribution in [2.45, 2.75) is 25.7 Å². The first-order chi connectivity index (χ1) is 7.24. The summed E-state index contributed by atoms with van der Waals surface area (Å²) in [6, 6.07) is 4.95. The van der Waals surface area contributed by atoms with E-state index in [2.05, 4.69) is 0 Å². The predicted molar refractivity (Wildman–Crippen MR) is 54.1 cm³/mol.